The van der Waals surface area contributed by atoms with E-state index in [1.807, 2.05) is 24.3 Å². The summed E-state index contributed by atoms with van der Waals surface area (Å²) < 4.78 is 0. The van der Waals surface area contributed by atoms with Crippen molar-refractivity contribution < 1.29 is 9.72 Å². The van der Waals surface area contributed by atoms with Gasteiger partial charge < -0.3 is 5.32 Å². The van der Waals surface area contributed by atoms with Crippen molar-refractivity contribution in [3.05, 3.63) is 80.4 Å². The summed E-state index contributed by atoms with van der Waals surface area (Å²) in [5, 5.41) is 16.1. The molecular weight excluding hydrogens is 340 g/mol. The normalized spacial score (nSPS) is 12.4. The number of nitro groups is 1. The molecule has 0 unspecified atom stereocenters. The predicted octanol–water partition coefficient (Wildman–Crippen LogP) is 4.75. The van der Waals surface area contributed by atoms with Crippen molar-refractivity contribution in [1.29, 1.82) is 0 Å². The van der Waals surface area contributed by atoms with Gasteiger partial charge in [0.05, 0.1) is 4.92 Å². The van der Waals surface area contributed by atoms with Crippen LogP contribution in [-0.2, 0) is 12.8 Å². The number of nitrogens with zero attached hydrogens (tertiary/aromatic N) is 1. The molecule has 0 heterocycles. The van der Waals surface area contributed by atoms with Crippen molar-refractivity contribution >= 4 is 39.7 Å². The molecule has 5 nitrogen and oxygen atoms in total. The van der Waals surface area contributed by atoms with E-state index in [1.165, 1.54) is 34.7 Å². The molecule has 6 heteroatoms. The zero-order valence-corrected chi connectivity index (χ0v) is 13.8. The number of hydrogen-bond donors (Lipinski definition) is 1. The summed E-state index contributed by atoms with van der Waals surface area (Å²) in [5.41, 5.74) is 3.18. The van der Waals surface area contributed by atoms with Gasteiger partial charge >= 0.3 is 0 Å². The standard InChI is InChI=1S/C19H13ClN2O3/c20-15-8-6-13(10-17(15)22(24)25)19(23)21-16-9-7-12-5-4-11-2-1-3-14(16)18(11)12/h1-3,6-10H,4-5H2,(H,21,23). The Kier molecular flexibility index (Phi) is 3.66. The molecule has 25 heavy (non-hydrogen) atoms. The second kappa shape index (κ2) is 5.86. The number of hydrogen-bond acceptors (Lipinski definition) is 3. The van der Waals surface area contributed by atoms with E-state index in [4.69, 9.17) is 11.6 Å². The first-order valence-electron chi connectivity index (χ1n) is 7.83. The predicted molar refractivity (Wildman–Crippen MR) is 97.4 cm³/mol. The van der Waals surface area contributed by atoms with Crippen LogP contribution in [0.4, 0.5) is 11.4 Å². The molecule has 124 valence electrons. The van der Waals surface area contributed by atoms with Crippen LogP contribution < -0.4 is 5.32 Å². The number of rotatable bonds is 3. The van der Waals surface area contributed by atoms with Crippen LogP contribution in [0.2, 0.25) is 5.02 Å². The van der Waals surface area contributed by atoms with Crippen LogP contribution in [0.15, 0.2) is 48.5 Å². The summed E-state index contributed by atoms with van der Waals surface area (Å²) in [5.74, 6) is -0.404. The van der Waals surface area contributed by atoms with Crippen LogP contribution >= 0.6 is 11.6 Å². The van der Waals surface area contributed by atoms with Gasteiger partial charge in [0.2, 0.25) is 0 Å². The number of anilines is 1. The number of aryl methyl sites for hydroxylation is 2. The Morgan fingerprint density at radius 2 is 1.84 bits per heavy atom. The maximum Gasteiger partial charge on any atom is 0.288 e. The molecule has 0 fully saturated rings. The smallest absolute Gasteiger partial charge is 0.288 e. The van der Waals surface area contributed by atoms with E-state index in [0.29, 0.717) is 5.69 Å². The van der Waals surface area contributed by atoms with Gasteiger partial charge in [-0.2, -0.15) is 0 Å². The van der Waals surface area contributed by atoms with E-state index in [2.05, 4.69) is 11.4 Å². The first kappa shape index (κ1) is 15.6. The summed E-state index contributed by atoms with van der Waals surface area (Å²) in [6, 6.07) is 14.0. The number of nitro benzene ring substituents is 1. The highest BCUT2D eigenvalue weighted by Gasteiger charge is 2.19. The van der Waals surface area contributed by atoms with E-state index in [-0.39, 0.29) is 16.3 Å². The Bertz CT molecular complexity index is 1040. The highest BCUT2D eigenvalue weighted by molar-refractivity contribution is 6.32. The van der Waals surface area contributed by atoms with Crippen LogP contribution in [0, 0.1) is 10.1 Å². The summed E-state index contributed by atoms with van der Waals surface area (Å²) in [6.45, 7) is 0. The van der Waals surface area contributed by atoms with Crippen molar-refractivity contribution in [3.63, 3.8) is 0 Å². The molecule has 0 atom stereocenters. The molecule has 0 spiro atoms. The van der Waals surface area contributed by atoms with E-state index in [1.54, 1.807) is 0 Å². The van der Waals surface area contributed by atoms with Crippen molar-refractivity contribution in [2.75, 3.05) is 5.32 Å². The largest absolute Gasteiger partial charge is 0.321 e. The molecule has 0 aliphatic heterocycles. The molecule has 0 saturated carbocycles. The average molecular weight is 353 g/mol. The van der Waals surface area contributed by atoms with Crippen LogP contribution in [0.3, 0.4) is 0 Å². The number of benzene rings is 3. The highest BCUT2D eigenvalue weighted by Crippen LogP contribution is 2.35. The molecule has 0 saturated heterocycles. The lowest BCUT2D eigenvalue weighted by molar-refractivity contribution is -0.384. The molecule has 0 bridgehead atoms. The topological polar surface area (TPSA) is 72.2 Å². The second-order valence-electron chi connectivity index (χ2n) is 5.99. The maximum atomic E-state index is 12.6. The van der Waals surface area contributed by atoms with E-state index >= 15 is 0 Å². The Hall–Kier alpha value is -2.92. The minimum atomic E-state index is -0.599. The molecule has 1 amide bonds. The zero-order valence-electron chi connectivity index (χ0n) is 13.1. The number of carbonyl (C=O) groups excluding carboxylic acids is 1. The van der Waals surface area contributed by atoms with Crippen molar-refractivity contribution in [2.24, 2.45) is 0 Å². The van der Waals surface area contributed by atoms with Gasteiger partial charge in [0, 0.05) is 22.7 Å². The number of carbonyl (C=O) groups is 1. The Balaban J connectivity index is 1.72. The monoisotopic (exact) mass is 352 g/mol. The van der Waals surface area contributed by atoms with Gasteiger partial charge in [-0.05, 0) is 47.6 Å². The first-order chi connectivity index (χ1) is 12.0. The third-order valence-electron chi connectivity index (χ3n) is 4.53. The second-order valence-corrected chi connectivity index (χ2v) is 6.40. The van der Waals surface area contributed by atoms with Crippen LogP contribution in [0.5, 0.6) is 0 Å². The SMILES string of the molecule is O=C(Nc1ccc2c3c(cccc13)CC2)c1ccc(Cl)c([N+](=O)[O-])c1. The average Bonchev–Trinajstić information content (AvgIpc) is 3.02. The molecule has 4 rings (SSSR count). The Morgan fingerprint density at radius 3 is 2.60 bits per heavy atom. The van der Waals surface area contributed by atoms with Crippen molar-refractivity contribution in [1.82, 2.24) is 0 Å². The lowest BCUT2D eigenvalue weighted by atomic mass is 10.0. The Labute approximate surface area is 148 Å². The maximum absolute atomic E-state index is 12.6. The minimum absolute atomic E-state index is 0.00638. The molecule has 1 N–H and O–H groups in total. The van der Waals surface area contributed by atoms with Gasteiger partial charge in [-0.15, -0.1) is 0 Å². The van der Waals surface area contributed by atoms with Crippen LogP contribution in [-0.4, -0.2) is 10.8 Å². The van der Waals surface area contributed by atoms with E-state index < -0.39 is 10.8 Å². The molecule has 1 aliphatic carbocycles. The number of halogens is 1. The molecule has 0 aromatic heterocycles. The van der Waals surface area contributed by atoms with Crippen LogP contribution in [0.1, 0.15) is 21.5 Å². The third-order valence-corrected chi connectivity index (χ3v) is 4.85. The summed E-state index contributed by atoms with van der Waals surface area (Å²) in [6.07, 6.45) is 2.01. The van der Waals surface area contributed by atoms with Gasteiger partial charge in [0.25, 0.3) is 11.6 Å². The van der Waals surface area contributed by atoms with E-state index in [9.17, 15) is 14.9 Å². The fourth-order valence-electron chi connectivity index (χ4n) is 3.34. The zero-order chi connectivity index (χ0) is 17.6. The highest BCUT2D eigenvalue weighted by atomic mass is 35.5. The fourth-order valence-corrected chi connectivity index (χ4v) is 3.53. The summed E-state index contributed by atoms with van der Waals surface area (Å²) in [7, 11) is 0. The molecule has 0 radical (unpaired) electrons. The molecular formula is C19H13ClN2O3. The van der Waals surface area contributed by atoms with Crippen molar-refractivity contribution in [2.45, 2.75) is 12.8 Å². The lowest BCUT2D eigenvalue weighted by Crippen LogP contribution is -2.12. The Morgan fingerprint density at radius 1 is 1.08 bits per heavy atom. The van der Waals surface area contributed by atoms with E-state index in [0.717, 1.165) is 18.2 Å². The third kappa shape index (κ3) is 2.62. The fraction of sp³-hybridized carbons (Fsp3) is 0.105. The number of nitrogens with one attached hydrogen (secondary N) is 1. The lowest BCUT2D eigenvalue weighted by Gasteiger charge is -2.11. The molecule has 3 aromatic carbocycles. The number of amides is 1. The van der Waals surface area contributed by atoms with Gasteiger partial charge in [0.1, 0.15) is 5.02 Å². The van der Waals surface area contributed by atoms with Gasteiger partial charge in [-0.3, -0.25) is 14.9 Å². The van der Waals surface area contributed by atoms with Gasteiger partial charge in [0.15, 0.2) is 0 Å². The summed E-state index contributed by atoms with van der Waals surface area (Å²) >= 11 is 5.80. The van der Waals surface area contributed by atoms with Crippen molar-refractivity contribution in [3.8, 4) is 0 Å². The summed E-state index contributed by atoms with van der Waals surface area (Å²) in [4.78, 5) is 23.0. The quantitative estimate of drug-likeness (QED) is 0.546. The first-order valence-corrected chi connectivity index (χ1v) is 8.21. The van der Waals surface area contributed by atoms with Crippen LogP contribution in [0.25, 0.3) is 10.8 Å². The van der Waals surface area contributed by atoms with Gasteiger partial charge in [-0.25, -0.2) is 0 Å². The molecule has 3 aromatic rings. The molecule has 1 aliphatic rings. The van der Waals surface area contributed by atoms with Gasteiger partial charge in [-0.1, -0.05) is 35.9 Å². The minimum Gasteiger partial charge on any atom is -0.321 e.